The van der Waals surface area contributed by atoms with E-state index in [1.54, 1.807) is 0 Å². The number of nitrogens with one attached hydrogen (secondary N) is 2. The minimum absolute atomic E-state index is 0.0543. The van der Waals surface area contributed by atoms with E-state index in [9.17, 15) is 4.79 Å². The molecule has 146 valence electrons. The fourth-order valence-corrected chi connectivity index (χ4v) is 5.62. The number of rotatable bonds is 4. The second-order valence-electron chi connectivity index (χ2n) is 7.72. The highest BCUT2D eigenvalue weighted by atomic mass is 32.1. The van der Waals surface area contributed by atoms with Crippen LogP contribution in [0.4, 0.5) is 10.5 Å². The lowest BCUT2D eigenvalue weighted by molar-refractivity contribution is 0.249. The molecule has 0 aliphatic heterocycles. The van der Waals surface area contributed by atoms with E-state index in [0.717, 1.165) is 29.7 Å². The molecule has 1 atom stereocenters. The zero-order chi connectivity index (χ0) is 19.7. The molecule has 0 saturated carbocycles. The minimum atomic E-state index is -0.160. The Labute approximate surface area is 170 Å². The fraction of sp³-hybridized carbons (Fsp3) is 0.348. The number of hydrogen-bond acceptors (Lipinski definition) is 2. The predicted octanol–water partition coefficient (Wildman–Crippen LogP) is 5.92. The van der Waals surface area contributed by atoms with Gasteiger partial charge in [0.15, 0.2) is 0 Å². The third kappa shape index (κ3) is 3.85. The van der Waals surface area contributed by atoms with Gasteiger partial charge in [-0.1, -0.05) is 6.07 Å². The number of anilines is 1. The van der Waals surface area contributed by atoms with Crippen LogP contribution in [0.3, 0.4) is 0 Å². The second-order valence-corrected chi connectivity index (χ2v) is 8.80. The number of hydrogen-bond donors (Lipinski definition) is 2. The number of aryl methyl sites for hydroxylation is 3. The van der Waals surface area contributed by atoms with Crippen molar-refractivity contribution in [2.75, 3.05) is 5.32 Å². The topological polar surface area (TPSA) is 46.1 Å². The molecule has 2 N–H and O–H groups in total. The van der Waals surface area contributed by atoms with E-state index >= 15 is 0 Å². The highest BCUT2D eigenvalue weighted by molar-refractivity contribution is 7.15. The molecule has 0 spiro atoms. The van der Waals surface area contributed by atoms with E-state index in [2.05, 4.69) is 40.6 Å². The highest BCUT2D eigenvalue weighted by Gasteiger charge is 2.25. The first kappa shape index (κ1) is 18.8. The molecule has 28 heavy (non-hydrogen) atoms. The van der Waals surface area contributed by atoms with Crippen LogP contribution in [0.25, 0.3) is 5.00 Å². The molecule has 4 rings (SSSR count). The average Bonchev–Trinajstić information content (AvgIpc) is 3.28. The molecule has 2 aromatic heterocycles. The summed E-state index contributed by atoms with van der Waals surface area (Å²) in [6.07, 6.45) is 8.91. The van der Waals surface area contributed by atoms with Crippen molar-refractivity contribution < 1.29 is 4.79 Å². The van der Waals surface area contributed by atoms with Crippen molar-refractivity contribution in [3.05, 3.63) is 69.9 Å². The standard InChI is InChI=1S/C23H27N3OS/c1-15-12-16(2)14-18(13-15)25-23(27)24-17(3)21-19-8-4-5-9-20(19)28-22(21)26-10-6-7-11-26/h6-7,10-14,17H,4-5,8-9H2,1-3H3,(H2,24,25,27)/t17-/m0/s1. The van der Waals surface area contributed by atoms with E-state index in [1.165, 1.54) is 33.8 Å². The first-order valence-corrected chi connectivity index (χ1v) is 10.8. The summed E-state index contributed by atoms with van der Waals surface area (Å²) in [7, 11) is 0. The van der Waals surface area contributed by atoms with Crippen LogP contribution in [0.15, 0.2) is 42.7 Å². The Hall–Kier alpha value is -2.53. The van der Waals surface area contributed by atoms with Gasteiger partial charge in [0, 0.05) is 28.5 Å². The zero-order valence-corrected chi connectivity index (χ0v) is 17.5. The predicted molar refractivity (Wildman–Crippen MR) is 117 cm³/mol. The van der Waals surface area contributed by atoms with Gasteiger partial charge in [0.1, 0.15) is 5.00 Å². The normalized spacial score (nSPS) is 14.4. The molecule has 3 aromatic rings. The van der Waals surface area contributed by atoms with Gasteiger partial charge in [-0.05, 0) is 87.4 Å². The van der Waals surface area contributed by atoms with Crippen LogP contribution in [-0.2, 0) is 12.8 Å². The fourth-order valence-electron chi connectivity index (χ4n) is 4.17. The van der Waals surface area contributed by atoms with Crippen molar-refractivity contribution in [2.24, 2.45) is 0 Å². The molecule has 0 saturated heterocycles. The molecule has 1 aliphatic rings. The lowest BCUT2D eigenvalue weighted by Crippen LogP contribution is -2.32. The van der Waals surface area contributed by atoms with E-state index in [1.807, 2.05) is 49.4 Å². The molecule has 2 heterocycles. The SMILES string of the molecule is Cc1cc(C)cc(NC(=O)N[C@@H](C)c2c(-n3cccc3)sc3c2CCCC3)c1. The Morgan fingerprint density at radius 2 is 1.75 bits per heavy atom. The Balaban J connectivity index is 1.58. The average molecular weight is 394 g/mol. The van der Waals surface area contributed by atoms with Gasteiger partial charge in [-0.15, -0.1) is 11.3 Å². The Bertz CT molecular complexity index is 967. The van der Waals surface area contributed by atoms with Crippen LogP contribution < -0.4 is 10.6 Å². The Morgan fingerprint density at radius 3 is 2.46 bits per heavy atom. The molecule has 0 bridgehead atoms. The number of carbonyl (C=O) groups excluding carboxylic acids is 1. The largest absolute Gasteiger partial charge is 0.331 e. The molecule has 0 unspecified atom stereocenters. The summed E-state index contributed by atoms with van der Waals surface area (Å²) < 4.78 is 2.18. The quantitative estimate of drug-likeness (QED) is 0.568. The van der Waals surface area contributed by atoms with Gasteiger partial charge in [-0.2, -0.15) is 0 Å². The first-order chi connectivity index (χ1) is 13.5. The number of amides is 2. The zero-order valence-electron chi connectivity index (χ0n) is 16.7. The summed E-state index contributed by atoms with van der Waals surface area (Å²) in [5.41, 5.74) is 5.83. The summed E-state index contributed by atoms with van der Waals surface area (Å²) in [6, 6.07) is 9.98. The van der Waals surface area contributed by atoms with Gasteiger partial charge >= 0.3 is 6.03 Å². The van der Waals surface area contributed by atoms with Gasteiger partial charge in [0.2, 0.25) is 0 Å². The second kappa shape index (κ2) is 7.84. The number of fused-ring (bicyclic) bond motifs is 1. The molecule has 0 radical (unpaired) electrons. The Kier molecular flexibility index (Phi) is 5.27. The number of carbonyl (C=O) groups is 1. The van der Waals surface area contributed by atoms with Crippen LogP contribution in [-0.4, -0.2) is 10.6 Å². The molecular weight excluding hydrogens is 366 g/mol. The van der Waals surface area contributed by atoms with Gasteiger partial charge in [-0.3, -0.25) is 0 Å². The molecule has 1 aliphatic carbocycles. The lowest BCUT2D eigenvalue weighted by Gasteiger charge is -2.20. The van der Waals surface area contributed by atoms with Crippen molar-refractivity contribution in [3.63, 3.8) is 0 Å². The van der Waals surface area contributed by atoms with Crippen molar-refractivity contribution in [2.45, 2.75) is 52.5 Å². The lowest BCUT2D eigenvalue weighted by atomic mass is 9.93. The molecule has 0 fully saturated rings. The van der Waals surface area contributed by atoms with Gasteiger partial charge in [-0.25, -0.2) is 4.79 Å². The van der Waals surface area contributed by atoms with Crippen molar-refractivity contribution in [1.82, 2.24) is 9.88 Å². The minimum Gasteiger partial charge on any atom is -0.331 e. The van der Waals surface area contributed by atoms with Crippen LogP contribution >= 0.6 is 11.3 Å². The molecule has 4 nitrogen and oxygen atoms in total. The molecule has 1 aromatic carbocycles. The molecule has 5 heteroatoms. The molecule has 2 amide bonds. The highest BCUT2D eigenvalue weighted by Crippen LogP contribution is 2.40. The van der Waals surface area contributed by atoms with Crippen LogP contribution in [0.5, 0.6) is 0 Å². The van der Waals surface area contributed by atoms with E-state index in [0.29, 0.717) is 0 Å². The van der Waals surface area contributed by atoms with Crippen LogP contribution in [0, 0.1) is 13.8 Å². The van der Waals surface area contributed by atoms with Crippen LogP contribution in [0.1, 0.15) is 52.9 Å². The van der Waals surface area contributed by atoms with E-state index in [4.69, 9.17) is 0 Å². The summed E-state index contributed by atoms with van der Waals surface area (Å²) in [4.78, 5) is 14.2. The van der Waals surface area contributed by atoms with E-state index in [-0.39, 0.29) is 12.1 Å². The van der Waals surface area contributed by atoms with Gasteiger partial charge in [0.05, 0.1) is 6.04 Å². The maximum atomic E-state index is 12.7. The Morgan fingerprint density at radius 1 is 1.07 bits per heavy atom. The summed E-state index contributed by atoms with van der Waals surface area (Å²) in [5.74, 6) is 0. The third-order valence-corrected chi connectivity index (χ3v) is 6.61. The monoisotopic (exact) mass is 393 g/mol. The number of thiophene rings is 1. The van der Waals surface area contributed by atoms with Gasteiger partial charge in [0.25, 0.3) is 0 Å². The number of nitrogens with zero attached hydrogens (tertiary/aromatic N) is 1. The van der Waals surface area contributed by atoms with Crippen molar-refractivity contribution in [3.8, 4) is 5.00 Å². The summed E-state index contributed by atoms with van der Waals surface area (Å²) >= 11 is 1.87. The van der Waals surface area contributed by atoms with Gasteiger partial charge < -0.3 is 15.2 Å². The van der Waals surface area contributed by atoms with Crippen molar-refractivity contribution in [1.29, 1.82) is 0 Å². The summed E-state index contributed by atoms with van der Waals surface area (Å²) in [6.45, 7) is 6.17. The van der Waals surface area contributed by atoms with Crippen LogP contribution in [0.2, 0.25) is 0 Å². The number of urea groups is 1. The smallest absolute Gasteiger partial charge is 0.319 e. The maximum absolute atomic E-state index is 12.7. The van der Waals surface area contributed by atoms with Crippen molar-refractivity contribution >= 4 is 23.1 Å². The number of benzene rings is 1. The third-order valence-electron chi connectivity index (χ3n) is 5.29. The van der Waals surface area contributed by atoms with E-state index < -0.39 is 0 Å². The maximum Gasteiger partial charge on any atom is 0.319 e. The molecular formula is C23H27N3OS. The summed E-state index contributed by atoms with van der Waals surface area (Å²) in [5, 5.41) is 7.40. The number of aromatic nitrogens is 1. The first-order valence-electron chi connectivity index (χ1n) is 9.95.